The molecule has 3 aliphatic heterocycles. The van der Waals surface area contributed by atoms with Crippen LogP contribution in [0.15, 0.2) is 49.6 Å². The standard InChI is InChI=1S/C32H44N6O5/c1-6-15-35(16-7-2)29(40)26-25-13-14-32(43-25)27(26)30(41)38(22(19-39)18-21(4)5)28(32)31(42)36(17-8-3)20-37-24-12-10-9-11-23(24)33-34-37/h6,8-12,21-22,25-28,39H,1,3,7,13-20H2,2,4-5H3/t22-,25+,26-,27+,28?,32?/m1/s1. The summed E-state index contributed by atoms with van der Waals surface area (Å²) in [5.41, 5.74) is 0.312. The Morgan fingerprint density at radius 1 is 1.19 bits per heavy atom. The van der Waals surface area contributed by atoms with E-state index in [1.165, 1.54) is 0 Å². The van der Waals surface area contributed by atoms with E-state index in [0.29, 0.717) is 37.9 Å². The lowest BCUT2D eigenvalue weighted by molar-refractivity contribution is -0.153. The first-order valence-corrected chi connectivity index (χ1v) is 15.4. The number of hydrogen-bond donors (Lipinski definition) is 1. The van der Waals surface area contributed by atoms with Gasteiger partial charge in [0.2, 0.25) is 17.7 Å². The van der Waals surface area contributed by atoms with Crippen LogP contribution in [0.25, 0.3) is 11.0 Å². The predicted molar refractivity (Wildman–Crippen MR) is 161 cm³/mol. The first-order valence-electron chi connectivity index (χ1n) is 15.4. The Morgan fingerprint density at radius 3 is 2.58 bits per heavy atom. The van der Waals surface area contributed by atoms with Gasteiger partial charge in [-0.3, -0.25) is 14.4 Å². The lowest BCUT2D eigenvalue weighted by Crippen LogP contribution is -2.59. The average molecular weight is 593 g/mol. The van der Waals surface area contributed by atoms with Crippen LogP contribution in [0.4, 0.5) is 0 Å². The zero-order chi connectivity index (χ0) is 30.9. The molecule has 5 rings (SSSR count). The van der Waals surface area contributed by atoms with Crippen LogP contribution in [0, 0.1) is 17.8 Å². The summed E-state index contributed by atoms with van der Waals surface area (Å²) >= 11 is 0. The largest absolute Gasteiger partial charge is 0.394 e. The lowest BCUT2D eigenvalue weighted by Gasteiger charge is -2.39. The monoisotopic (exact) mass is 592 g/mol. The van der Waals surface area contributed by atoms with E-state index in [1.54, 1.807) is 31.5 Å². The fourth-order valence-electron chi connectivity index (χ4n) is 7.52. The number of nitrogens with zero attached hydrogens (tertiary/aromatic N) is 6. The van der Waals surface area contributed by atoms with E-state index in [1.807, 2.05) is 45.0 Å². The fraction of sp³-hybridized carbons (Fsp3) is 0.594. The van der Waals surface area contributed by atoms with E-state index in [-0.39, 0.29) is 43.5 Å². The summed E-state index contributed by atoms with van der Waals surface area (Å²) < 4.78 is 8.32. The number of carbonyl (C=O) groups is 3. The Balaban J connectivity index is 1.56. The highest BCUT2D eigenvalue weighted by molar-refractivity contribution is 5.99. The number of hydrogen-bond acceptors (Lipinski definition) is 7. The maximum Gasteiger partial charge on any atom is 0.250 e. The number of rotatable bonds is 14. The summed E-state index contributed by atoms with van der Waals surface area (Å²) in [4.78, 5) is 48.2. The Hall–Kier alpha value is -3.57. The van der Waals surface area contributed by atoms with Gasteiger partial charge in [-0.25, -0.2) is 4.68 Å². The smallest absolute Gasteiger partial charge is 0.250 e. The molecule has 3 aliphatic rings. The number of aliphatic hydroxyl groups is 1. The molecule has 43 heavy (non-hydrogen) atoms. The molecule has 2 aromatic rings. The predicted octanol–water partition coefficient (Wildman–Crippen LogP) is 2.61. The molecule has 1 spiro atoms. The minimum atomic E-state index is -1.17. The van der Waals surface area contributed by atoms with Gasteiger partial charge in [-0.05, 0) is 43.7 Å². The molecule has 232 valence electrons. The number of carbonyl (C=O) groups excluding carboxylic acids is 3. The molecule has 11 nitrogen and oxygen atoms in total. The van der Waals surface area contributed by atoms with Crippen molar-refractivity contribution in [2.75, 3.05) is 26.2 Å². The molecule has 3 amide bonds. The molecular weight excluding hydrogens is 548 g/mol. The van der Waals surface area contributed by atoms with Gasteiger partial charge >= 0.3 is 0 Å². The van der Waals surface area contributed by atoms with Gasteiger partial charge < -0.3 is 24.5 Å². The Bertz CT molecular complexity index is 1370. The second-order valence-electron chi connectivity index (χ2n) is 12.4. The van der Waals surface area contributed by atoms with Crippen LogP contribution in [0.2, 0.25) is 0 Å². The van der Waals surface area contributed by atoms with Crippen molar-refractivity contribution < 1.29 is 24.2 Å². The third kappa shape index (κ3) is 5.26. The molecule has 0 saturated carbocycles. The Morgan fingerprint density at radius 2 is 1.91 bits per heavy atom. The molecule has 0 aliphatic carbocycles. The zero-order valence-electron chi connectivity index (χ0n) is 25.5. The number of para-hydroxylation sites is 1. The highest BCUT2D eigenvalue weighted by atomic mass is 16.5. The van der Waals surface area contributed by atoms with Crippen LogP contribution in [0.5, 0.6) is 0 Å². The van der Waals surface area contributed by atoms with Gasteiger partial charge in [0, 0.05) is 19.6 Å². The Kier molecular flexibility index (Phi) is 9.03. The van der Waals surface area contributed by atoms with Crippen molar-refractivity contribution in [3.8, 4) is 0 Å². The van der Waals surface area contributed by atoms with Crippen LogP contribution in [0.1, 0.15) is 46.5 Å². The van der Waals surface area contributed by atoms with Crippen molar-refractivity contribution >= 4 is 28.8 Å². The van der Waals surface area contributed by atoms with Crippen molar-refractivity contribution in [2.45, 2.75) is 76.9 Å². The molecule has 3 saturated heterocycles. The van der Waals surface area contributed by atoms with Crippen LogP contribution >= 0.6 is 0 Å². The summed E-state index contributed by atoms with van der Waals surface area (Å²) in [7, 11) is 0. The number of likely N-dealkylation sites (tertiary alicyclic amines) is 1. The van der Waals surface area contributed by atoms with Crippen molar-refractivity contribution in [3.05, 3.63) is 49.6 Å². The van der Waals surface area contributed by atoms with E-state index >= 15 is 0 Å². The van der Waals surface area contributed by atoms with Gasteiger partial charge in [-0.1, -0.05) is 50.3 Å². The Labute approximate surface area is 253 Å². The van der Waals surface area contributed by atoms with Gasteiger partial charge in [0.15, 0.2) is 0 Å². The maximum absolute atomic E-state index is 14.8. The summed E-state index contributed by atoms with van der Waals surface area (Å²) in [5, 5.41) is 19.1. The van der Waals surface area contributed by atoms with Crippen LogP contribution in [-0.2, 0) is 25.8 Å². The van der Waals surface area contributed by atoms with E-state index < -0.39 is 35.6 Å². The zero-order valence-corrected chi connectivity index (χ0v) is 25.5. The third-order valence-electron chi connectivity index (χ3n) is 9.15. The van der Waals surface area contributed by atoms with Crippen LogP contribution in [0.3, 0.4) is 0 Å². The number of fused-ring (bicyclic) bond motifs is 2. The molecule has 1 N–H and O–H groups in total. The van der Waals surface area contributed by atoms with E-state index in [4.69, 9.17) is 4.74 Å². The molecule has 3 fully saturated rings. The fourth-order valence-corrected chi connectivity index (χ4v) is 7.52. The number of aliphatic hydroxyl groups excluding tert-OH is 1. The minimum Gasteiger partial charge on any atom is -0.394 e. The van der Waals surface area contributed by atoms with E-state index in [2.05, 4.69) is 23.5 Å². The third-order valence-corrected chi connectivity index (χ3v) is 9.15. The highest BCUT2D eigenvalue weighted by Crippen LogP contribution is 2.59. The second-order valence-corrected chi connectivity index (χ2v) is 12.4. The molecule has 11 heteroatoms. The molecule has 1 aromatic heterocycles. The van der Waals surface area contributed by atoms with Crippen molar-refractivity contribution in [1.29, 1.82) is 0 Å². The van der Waals surface area contributed by atoms with Crippen molar-refractivity contribution in [3.63, 3.8) is 0 Å². The topological polar surface area (TPSA) is 121 Å². The van der Waals surface area contributed by atoms with Crippen LogP contribution in [-0.4, -0.2) is 103 Å². The normalized spacial score (nSPS) is 26.6. The van der Waals surface area contributed by atoms with Crippen molar-refractivity contribution in [2.24, 2.45) is 17.8 Å². The number of aromatic nitrogens is 3. The van der Waals surface area contributed by atoms with Crippen molar-refractivity contribution in [1.82, 2.24) is 29.7 Å². The summed E-state index contributed by atoms with van der Waals surface area (Å²) in [5.74, 6) is -2.09. The van der Waals surface area contributed by atoms with Gasteiger partial charge in [-0.2, -0.15) is 0 Å². The second kappa shape index (κ2) is 12.6. The van der Waals surface area contributed by atoms with E-state index in [9.17, 15) is 19.5 Å². The molecule has 2 unspecified atom stereocenters. The number of amides is 3. The minimum absolute atomic E-state index is 0.0913. The lowest BCUT2D eigenvalue weighted by atomic mass is 9.70. The summed E-state index contributed by atoms with van der Waals surface area (Å²) in [6.45, 7) is 14.7. The maximum atomic E-state index is 14.8. The van der Waals surface area contributed by atoms with Gasteiger partial charge in [0.05, 0.1) is 36.1 Å². The molecule has 1 aromatic carbocycles. The highest BCUT2D eigenvalue weighted by Gasteiger charge is 2.75. The molecule has 4 heterocycles. The van der Waals surface area contributed by atoms with Gasteiger partial charge in [-0.15, -0.1) is 18.3 Å². The molecular formula is C32H44N6O5. The molecule has 0 radical (unpaired) electrons. The first kappa shape index (κ1) is 30.9. The molecule has 2 bridgehead atoms. The van der Waals surface area contributed by atoms with E-state index in [0.717, 1.165) is 11.9 Å². The van der Waals surface area contributed by atoms with Crippen LogP contribution < -0.4 is 0 Å². The number of benzene rings is 1. The van der Waals surface area contributed by atoms with Gasteiger partial charge in [0.1, 0.15) is 23.8 Å². The molecule has 6 atom stereocenters. The SMILES string of the molecule is C=CCN(Cn1nnc2ccccc21)C(=O)C1N([C@@H](CO)CC(C)C)C(=O)[C@@H]2[C@H](C(=O)N(CC=C)CCC)[C@@H]3CCC12O3. The summed E-state index contributed by atoms with van der Waals surface area (Å²) in [6.07, 6.45) is 5.21. The van der Waals surface area contributed by atoms with Gasteiger partial charge in [0.25, 0.3) is 0 Å². The first-order chi connectivity index (χ1) is 20.7. The quantitative estimate of drug-likeness (QED) is 0.335. The summed E-state index contributed by atoms with van der Waals surface area (Å²) in [6, 6.07) is 5.90. The average Bonchev–Trinajstić information content (AvgIpc) is 3.74. The number of ether oxygens (including phenoxy) is 1.